The van der Waals surface area contributed by atoms with Crippen molar-refractivity contribution in [3.63, 3.8) is 0 Å². The first kappa shape index (κ1) is 24.1. The number of nitriles is 2. The van der Waals surface area contributed by atoms with E-state index in [0.29, 0.717) is 33.1 Å². The van der Waals surface area contributed by atoms with E-state index in [4.69, 9.17) is 16.3 Å². The zero-order valence-electron chi connectivity index (χ0n) is 18.0. The number of carbonyl (C=O) groups is 2. The molecule has 0 aliphatic rings. The molecule has 34 heavy (non-hydrogen) atoms. The maximum atomic E-state index is 12.5. The summed E-state index contributed by atoms with van der Waals surface area (Å²) in [4.78, 5) is 24.0. The van der Waals surface area contributed by atoms with Crippen molar-refractivity contribution in [2.45, 2.75) is 6.61 Å². The molecule has 7 nitrogen and oxygen atoms in total. The number of hydrogen-bond donors (Lipinski definition) is 1. The van der Waals surface area contributed by atoms with Gasteiger partial charge in [-0.15, -0.1) is 0 Å². The number of anilines is 1. The van der Waals surface area contributed by atoms with Crippen molar-refractivity contribution in [3.05, 3.63) is 99.6 Å². The molecule has 0 radical (unpaired) electrons. The van der Waals surface area contributed by atoms with Gasteiger partial charge in [0, 0.05) is 11.3 Å². The molecule has 0 heterocycles. The Labute approximate surface area is 201 Å². The molecule has 3 rings (SSSR count). The molecule has 1 N–H and O–H groups in total. The molecule has 0 aromatic heterocycles. The number of halogens is 1. The lowest BCUT2D eigenvalue weighted by Gasteiger charge is -2.10. The summed E-state index contributed by atoms with van der Waals surface area (Å²) in [5, 5.41) is 21.5. The van der Waals surface area contributed by atoms with Crippen LogP contribution in [0.5, 0.6) is 5.75 Å². The summed E-state index contributed by atoms with van der Waals surface area (Å²) in [6.45, 7) is 0.166. The number of nitrogens with zero attached hydrogens (tertiary/aromatic N) is 2. The highest BCUT2D eigenvalue weighted by molar-refractivity contribution is 6.32. The number of benzene rings is 3. The van der Waals surface area contributed by atoms with Gasteiger partial charge in [-0.3, -0.25) is 4.79 Å². The van der Waals surface area contributed by atoms with Gasteiger partial charge in [-0.2, -0.15) is 10.5 Å². The van der Waals surface area contributed by atoms with Gasteiger partial charge in [0.15, 0.2) is 0 Å². The second kappa shape index (κ2) is 11.3. The predicted molar refractivity (Wildman–Crippen MR) is 127 cm³/mol. The first-order valence-corrected chi connectivity index (χ1v) is 10.3. The van der Waals surface area contributed by atoms with E-state index < -0.39 is 11.9 Å². The quantitative estimate of drug-likeness (QED) is 0.290. The molecule has 3 aromatic rings. The molecule has 0 unspecified atom stereocenters. The molecular formula is C26H18ClN3O4. The molecule has 8 heteroatoms. The minimum atomic E-state index is -0.613. The molecule has 0 spiro atoms. The molecular weight excluding hydrogens is 454 g/mol. The summed E-state index contributed by atoms with van der Waals surface area (Å²) >= 11 is 6.32. The van der Waals surface area contributed by atoms with E-state index in [9.17, 15) is 20.1 Å². The van der Waals surface area contributed by atoms with Crippen LogP contribution in [0.1, 0.15) is 27.0 Å². The zero-order valence-corrected chi connectivity index (χ0v) is 18.8. The Balaban J connectivity index is 1.70. The average Bonchev–Trinajstić information content (AvgIpc) is 2.86. The van der Waals surface area contributed by atoms with Crippen molar-refractivity contribution < 1.29 is 19.1 Å². The van der Waals surface area contributed by atoms with Gasteiger partial charge in [0.2, 0.25) is 0 Å². The van der Waals surface area contributed by atoms with Crippen molar-refractivity contribution >= 4 is 35.2 Å². The number of amides is 1. The van der Waals surface area contributed by atoms with Gasteiger partial charge in [0.1, 0.15) is 24.0 Å². The van der Waals surface area contributed by atoms with E-state index in [1.807, 2.05) is 12.1 Å². The number of carbonyl (C=O) groups excluding carboxylic acids is 2. The molecule has 0 atom stereocenters. The van der Waals surface area contributed by atoms with Crippen LogP contribution in [0.3, 0.4) is 0 Å². The smallest absolute Gasteiger partial charge is 0.337 e. The lowest BCUT2D eigenvalue weighted by Crippen LogP contribution is -2.13. The van der Waals surface area contributed by atoms with Gasteiger partial charge in [0.25, 0.3) is 5.91 Å². The fraction of sp³-hybridized carbons (Fsp3) is 0.0769. The van der Waals surface area contributed by atoms with Gasteiger partial charge in [-0.1, -0.05) is 35.9 Å². The van der Waals surface area contributed by atoms with Crippen LogP contribution in [-0.2, 0) is 16.1 Å². The molecule has 0 saturated carbocycles. The molecule has 0 aliphatic carbocycles. The first-order valence-electron chi connectivity index (χ1n) is 9.97. The summed E-state index contributed by atoms with van der Waals surface area (Å²) in [5.74, 6) is -0.702. The number of rotatable bonds is 7. The van der Waals surface area contributed by atoms with E-state index >= 15 is 0 Å². The van der Waals surface area contributed by atoms with Crippen molar-refractivity contribution in [3.8, 4) is 17.9 Å². The standard InChI is InChI=1S/C26H18ClN3O4/c1-33-26(32)18-7-9-22(10-8-18)30-25(31)21(15-29)12-17-6-11-24(23(27)13-17)34-16-20-5-3-2-4-19(20)14-28/h2-13H,16H2,1H3,(H,30,31)/b21-12+. The number of ether oxygens (including phenoxy) is 2. The first-order chi connectivity index (χ1) is 16.4. The Morgan fingerprint density at radius 1 is 1.06 bits per heavy atom. The van der Waals surface area contributed by atoms with Gasteiger partial charge in [-0.25, -0.2) is 4.79 Å². The average molecular weight is 472 g/mol. The van der Waals surface area contributed by atoms with Crippen LogP contribution >= 0.6 is 11.6 Å². The van der Waals surface area contributed by atoms with Crippen LogP contribution in [0, 0.1) is 22.7 Å². The van der Waals surface area contributed by atoms with Gasteiger partial charge in [-0.05, 0) is 54.1 Å². The van der Waals surface area contributed by atoms with Crippen LogP contribution in [-0.4, -0.2) is 19.0 Å². The molecule has 0 bridgehead atoms. The summed E-state index contributed by atoms with van der Waals surface area (Å²) in [7, 11) is 1.28. The number of esters is 1. The highest BCUT2D eigenvalue weighted by Crippen LogP contribution is 2.27. The number of methoxy groups -OCH3 is 1. The van der Waals surface area contributed by atoms with Crippen molar-refractivity contribution in [2.75, 3.05) is 12.4 Å². The zero-order chi connectivity index (χ0) is 24.5. The molecule has 168 valence electrons. The molecule has 0 saturated heterocycles. The lowest BCUT2D eigenvalue weighted by atomic mass is 10.1. The fourth-order valence-corrected chi connectivity index (χ4v) is 3.20. The summed E-state index contributed by atoms with van der Waals surface area (Å²) < 4.78 is 10.4. The minimum absolute atomic E-state index is 0.135. The van der Waals surface area contributed by atoms with E-state index in [0.717, 1.165) is 5.56 Å². The summed E-state index contributed by atoms with van der Waals surface area (Å²) in [6.07, 6.45) is 1.40. The normalized spacial score (nSPS) is 10.5. The number of hydrogen-bond acceptors (Lipinski definition) is 6. The Morgan fingerprint density at radius 3 is 2.44 bits per heavy atom. The molecule has 3 aromatic carbocycles. The van der Waals surface area contributed by atoms with Crippen LogP contribution in [0.2, 0.25) is 5.02 Å². The van der Waals surface area contributed by atoms with E-state index in [1.165, 1.54) is 37.5 Å². The maximum absolute atomic E-state index is 12.5. The lowest BCUT2D eigenvalue weighted by molar-refractivity contribution is -0.112. The summed E-state index contributed by atoms with van der Waals surface area (Å²) in [6, 6.07) is 22.0. The second-order valence-electron chi connectivity index (χ2n) is 6.94. The van der Waals surface area contributed by atoms with Crippen molar-refractivity contribution in [1.29, 1.82) is 10.5 Å². The maximum Gasteiger partial charge on any atom is 0.337 e. The Bertz CT molecular complexity index is 1340. The monoisotopic (exact) mass is 471 g/mol. The van der Waals surface area contributed by atoms with E-state index in [-0.39, 0.29) is 12.2 Å². The van der Waals surface area contributed by atoms with Crippen LogP contribution in [0.25, 0.3) is 6.08 Å². The number of nitrogens with one attached hydrogen (secondary N) is 1. The van der Waals surface area contributed by atoms with Gasteiger partial charge in [0.05, 0.1) is 29.3 Å². The third-order valence-electron chi connectivity index (χ3n) is 4.72. The van der Waals surface area contributed by atoms with Crippen LogP contribution in [0.4, 0.5) is 5.69 Å². The molecule has 0 fully saturated rings. The predicted octanol–water partition coefficient (Wildman–Crippen LogP) is 5.12. The Hall–Kier alpha value is -4.59. The topological polar surface area (TPSA) is 112 Å². The third-order valence-corrected chi connectivity index (χ3v) is 5.01. The third kappa shape index (κ3) is 6.01. The molecule has 1 amide bonds. The molecule has 0 aliphatic heterocycles. The minimum Gasteiger partial charge on any atom is -0.487 e. The highest BCUT2D eigenvalue weighted by Gasteiger charge is 2.12. The largest absolute Gasteiger partial charge is 0.487 e. The van der Waals surface area contributed by atoms with E-state index in [2.05, 4.69) is 16.1 Å². The van der Waals surface area contributed by atoms with Gasteiger partial charge < -0.3 is 14.8 Å². The van der Waals surface area contributed by atoms with Gasteiger partial charge >= 0.3 is 5.97 Å². The highest BCUT2D eigenvalue weighted by atomic mass is 35.5. The summed E-state index contributed by atoms with van der Waals surface area (Å²) in [5.41, 5.74) is 2.39. The van der Waals surface area contributed by atoms with Crippen molar-refractivity contribution in [2.24, 2.45) is 0 Å². The Kier molecular flexibility index (Phi) is 8.02. The van der Waals surface area contributed by atoms with Crippen LogP contribution in [0.15, 0.2) is 72.3 Å². The second-order valence-corrected chi connectivity index (χ2v) is 7.35. The fourth-order valence-electron chi connectivity index (χ4n) is 2.96. The SMILES string of the molecule is COC(=O)c1ccc(NC(=O)/C(C#N)=C/c2ccc(OCc3ccccc3C#N)c(Cl)c2)cc1. The van der Waals surface area contributed by atoms with Crippen molar-refractivity contribution in [1.82, 2.24) is 0 Å². The van der Waals surface area contributed by atoms with E-state index in [1.54, 1.807) is 36.4 Å². The van der Waals surface area contributed by atoms with Crippen LogP contribution < -0.4 is 10.1 Å². The Morgan fingerprint density at radius 2 is 1.79 bits per heavy atom.